The molecule has 2 heterocycles. The minimum atomic E-state index is 0.0940. The summed E-state index contributed by atoms with van der Waals surface area (Å²) in [5.41, 5.74) is 3.32. The van der Waals surface area contributed by atoms with Crippen LogP contribution in [0, 0.1) is 6.92 Å². The average molecular weight is 323 g/mol. The van der Waals surface area contributed by atoms with Crippen LogP contribution in [0.1, 0.15) is 36.3 Å². The van der Waals surface area contributed by atoms with Crippen molar-refractivity contribution in [1.82, 2.24) is 20.1 Å². The molecule has 0 fully saturated rings. The van der Waals surface area contributed by atoms with Gasteiger partial charge in [-0.2, -0.15) is 5.10 Å². The SMILES string of the molecule is CCCn1ncc(Br)c1C(NC)c1ccc(C)nc1. The Bertz CT molecular complexity index is 533. The maximum Gasteiger partial charge on any atom is 0.0772 e. The lowest BCUT2D eigenvalue weighted by atomic mass is 10.1. The fourth-order valence-corrected chi connectivity index (χ4v) is 2.69. The molecule has 1 unspecified atom stereocenters. The summed E-state index contributed by atoms with van der Waals surface area (Å²) in [5, 5.41) is 7.78. The molecule has 0 aliphatic heterocycles. The van der Waals surface area contributed by atoms with Gasteiger partial charge in [0, 0.05) is 18.4 Å². The first kappa shape index (κ1) is 14.2. The lowest BCUT2D eigenvalue weighted by molar-refractivity contribution is 0.532. The molecule has 0 bridgehead atoms. The van der Waals surface area contributed by atoms with Gasteiger partial charge in [-0.05, 0) is 48.0 Å². The highest BCUT2D eigenvalue weighted by molar-refractivity contribution is 9.10. The van der Waals surface area contributed by atoms with Gasteiger partial charge < -0.3 is 5.32 Å². The first-order valence-electron chi connectivity index (χ1n) is 6.48. The molecule has 0 saturated carbocycles. The molecule has 102 valence electrons. The summed E-state index contributed by atoms with van der Waals surface area (Å²) in [7, 11) is 1.96. The molecular formula is C14H19BrN4. The van der Waals surface area contributed by atoms with Crippen molar-refractivity contribution >= 4 is 15.9 Å². The maximum absolute atomic E-state index is 4.43. The van der Waals surface area contributed by atoms with Crippen LogP contribution in [0.15, 0.2) is 29.0 Å². The topological polar surface area (TPSA) is 42.7 Å². The Kier molecular flexibility index (Phi) is 4.71. The van der Waals surface area contributed by atoms with Crippen LogP contribution < -0.4 is 5.32 Å². The Morgan fingerprint density at radius 1 is 1.37 bits per heavy atom. The molecule has 1 atom stereocenters. The number of halogens is 1. The lowest BCUT2D eigenvalue weighted by Gasteiger charge is -2.19. The summed E-state index contributed by atoms with van der Waals surface area (Å²) in [6.07, 6.45) is 4.84. The number of hydrogen-bond acceptors (Lipinski definition) is 3. The highest BCUT2D eigenvalue weighted by Crippen LogP contribution is 2.28. The summed E-state index contributed by atoms with van der Waals surface area (Å²) in [5.74, 6) is 0. The summed E-state index contributed by atoms with van der Waals surface area (Å²) < 4.78 is 3.08. The summed E-state index contributed by atoms with van der Waals surface area (Å²) in [4.78, 5) is 4.38. The third-order valence-electron chi connectivity index (χ3n) is 3.10. The monoisotopic (exact) mass is 322 g/mol. The number of nitrogens with zero attached hydrogens (tertiary/aromatic N) is 3. The van der Waals surface area contributed by atoms with E-state index < -0.39 is 0 Å². The third-order valence-corrected chi connectivity index (χ3v) is 3.71. The van der Waals surface area contributed by atoms with E-state index in [-0.39, 0.29) is 6.04 Å². The summed E-state index contributed by atoms with van der Waals surface area (Å²) in [6, 6.07) is 4.24. The van der Waals surface area contributed by atoms with Crippen LogP contribution in [-0.2, 0) is 6.54 Å². The van der Waals surface area contributed by atoms with Gasteiger partial charge in [0.15, 0.2) is 0 Å². The van der Waals surface area contributed by atoms with Crippen LogP contribution in [0.3, 0.4) is 0 Å². The van der Waals surface area contributed by atoms with Crippen LogP contribution in [0.4, 0.5) is 0 Å². The first-order valence-corrected chi connectivity index (χ1v) is 7.27. The van der Waals surface area contributed by atoms with Gasteiger partial charge in [-0.15, -0.1) is 0 Å². The van der Waals surface area contributed by atoms with E-state index in [4.69, 9.17) is 0 Å². The zero-order chi connectivity index (χ0) is 13.8. The summed E-state index contributed by atoms with van der Waals surface area (Å²) in [6.45, 7) is 5.06. The van der Waals surface area contributed by atoms with Crippen molar-refractivity contribution in [2.45, 2.75) is 32.9 Å². The van der Waals surface area contributed by atoms with Gasteiger partial charge >= 0.3 is 0 Å². The minimum Gasteiger partial charge on any atom is -0.308 e. The van der Waals surface area contributed by atoms with Crippen LogP contribution >= 0.6 is 15.9 Å². The van der Waals surface area contributed by atoms with Gasteiger partial charge in [-0.25, -0.2) is 0 Å². The highest BCUT2D eigenvalue weighted by atomic mass is 79.9. The fourth-order valence-electron chi connectivity index (χ4n) is 2.16. The molecule has 2 aromatic heterocycles. The van der Waals surface area contributed by atoms with E-state index >= 15 is 0 Å². The second-order valence-corrected chi connectivity index (χ2v) is 5.41. The predicted molar refractivity (Wildman–Crippen MR) is 80.1 cm³/mol. The van der Waals surface area contributed by atoms with E-state index in [2.05, 4.69) is 44.3 Å². The van der Waals surface area contributed by atoms with Crippen molar-refractivity contribution in [3.63, 3.8) is 0 Å². The predicted octanol–water partition coefficient (Wildman–Crippen LogP) is 3.07. The zero-order valence-electron chi connectivity index (χ0n) is 11.5. The molecule has 0 aliphatic rings. The molecule has 0 saturated heterocycles. The van der Waals surface area contributed by atoms with Crippen LogP contribution in [-0.4, -0.2) is 21.8 Å². The van der Waals surface area contributed by atoms with Crippen molar-refractivity contribution in [3.8, 4) is 0 Å². The van der Waals surface area contributed by atoms with Crippen LogP contribution in [0.2, 0.25) is 0 Å². The van der Waals surface area contributed by atoms with Gasteiger partial charge in [-0.1, -0.05) is 13.0 Å². The molecule has 2 rings (SSSR count). The molecule has 19 heavy (non-hydrogen) atoms. The molecule has 0 radical (unpaired) electrons. The van der Waals surface area contributed by atoms with Crippen molar-refractivity contribution < 1.29 is 0 Å². The molecule has 0 aromatic carbocycles. The standard InChI is InChI=1S/C14H19BrN4/c1-4-7-19-14(12(15)9-18-19)13(16-3)11-6-5-10(2)17-8-11/h5-6,8-9,13,16H,4,7H2,1-3H3. The number of aryl methyl sites for hydroxylation is 2. The smallest absolute Gasteiger partial charge is 0.0772 e. The highest BCUT2D eigenvalue weighted by Gasteiger charge is 2.20. The second-order valence-electron chi connectivity index (χ2n) is 4.56. The van der Waals surface area contributed by atoms with E-state index in [9.17, 15) is 0 Å². The number of rotatable bonds is 5. The molecule has 5 heteroatoms. The number of hydrogen-bond donors (Lipinski definition) is 1. The van der Waals surface area contributed by atoms with Gasteiger partial charge in [0.1, 0.15) is 0 Å². The Labute approximate surface area is 122 Å². The number of nitrogens with one attached hydrogen (secondary N) is 1. The molecule has 0 aliphatic carbocycles. The molecule has 0 amide bonds. The fraction of sp³-hybridized carbons (Fsp3) is 0.429. The minimum absolute atomic E-state index is 0.0940. The van der Waals surface area contributed by atoms with Gasteiger partial charge in [0.25, 0.3) is 0 Å². The van der Waals surface area contributed by atoms with Crippen LogP contribution in [0.25, 0.3) is 0 Å². The van der Waals surface area contributed by atoms with E-state index in [0.717, 1.165) is 34.4 Å². The largest absolute Gasteiger partial charge is 0.308 e. The summed E-state index contributed by atoms with van der Waals surface area (Å²) >= 11 is 3.60. The maximum atomic E-state index is 4.43. The van der Waals surface area contributed by atoms with E-state index in [1.807, 2.05) is 37.1 Å². The number of aromatic nitrogens is 3. The lowest BCUT2D eigenvalue weighted by Crippen LogP contribution is -2.22. The van der Waals surface area contributed by atoms with E-state index in [1.54, 1.807) is 0 Å². The molecular weight excluding hydrogens is 304 g/mol. The van der Waals surface area contributed by atoms with Crippen molar-refractivity contribution in [2.75, 3.05) is 7.05 Å². The van der Waals surface area contributed by atoms with Gasteiger partial charge in [-0.3, -0.25) is 9.67 Å². The molecule has 1 N–H and O–H groups in total. The quantitative estimate of drug-likeness (QED) is 0.919. The van der Waals surface area contributed by atoms with Gasteiger partial charge in [0.2, 0.25) is 0 Å². The van der Waals surface area contributed by atoms with Gasteiger partial charge in [0.05, 0.1) is 22.4 Å². The zero-order valence-corrected chi connectivity index (χ0v) is 13.1. The Hall–Kier alpha value is -1.20. The molecule has 2 aromatic rings. The van der Waals surface area contributed by atoms with Crippen molar-refractivity contribution in [1.29, 1.82) is 0 Å². The Morgan fingerprint density at radius 2 is 2.16 bits per heavy atom. The van der Waals surface area contributed by atoms with Crippen molar-refractivity contribution in [2.24, 2.45) is 0 Å². The Balaban J connectivity index is 2.41. The molecule has 4 nitrogen and oxygen atoms in total. The first-order chi connectivity index (χ1) is 9.17. The molecule has 0 spiro atoms. The third kappa shape index (κ3) is 3.04. The van der Waals surface area contributed by atoms with E-state index in [0.29, 0.717) is 0 Å². The second kappa shape index (κ2) is 6.30. The van der Waals surface area contributed by atoms with Crippen molar-refractivity contribution in [3.05, 3.63) is 46.0 Å². The van der Waals surface area contributed by atoms with E-state index in [1.165, 1.54) is 0 Å². The number of pyridine rings is 1. The normalized spacial score (nSPS) is 12.6. The average Bonchev–Trinajstić information content (AvgIpc) is 2.76. The Morgan fingerprint density at radius 3 is 2.74 bits per heavy atom. The van der Waals surface area contributed by atoms with Crippen LogP contribution in [0.5, 0.6) is 0 Å².